The summed E-state index contributed by atoms with van der Waals surface area (Å²) in [5, 5.41) is 20.7. The van der Waals surface area contributed by atoms with Gasteiger partial charge >= 0.3 is 0 Å². The predicted octanol–water partition coefficient (Wildman–Crippen LogP) is 1.06. The zero-order chi connectivity index (χ0) is 11.8. The molecule has 0 radical (unpaired) electrons. The van der Waals surface area contributed by atoms with Crippen LogP contribution in [-0.4, -0.2) is 23.2 Å². The van der Waals surface area contributed by atoms with Gasteiger partial charge in [-0.1, -0.05) is 6.92 Å². The number of hydrogen-bond donors (Lipinski definition) is 2. The van der Waals surface area contributed by atoms with Crippen LogP contribution in [0.2, 0.25) is 0 Å². The van der Waals surface area contributed by atoms with Gasteiger partial charge in [0.15, 0.2) is 0 Å². The third-order valence-corrected chi connectivity index (χ3v) is 2.38. The molecule has 0 aliphatic carbocycles. The first-order chi connectivity index (χ1) is 7.76. The minimum absolute atomic E-state index is 0.233. The molecule has 0 aliphatic rings. The quantitative estimate of drug-likeness (QED) is 0.750. The molecule has 0 amide bonds. The number of pyridine rings is 1. The molecule has 16 heavy (non-hydrogen) atoms. The van der Waals surface area contributed by atoms with Gasteiger partial charge in [0, 0.05) is 19.3 Å². The van der Waals surface area contributed by atoms with Crippen LogP contribution < -0.4 is 5.32 Å². The molecule has 0 bridgehead atoms. The molecule has 0 saturated heterocycles. The minimum Gasteiger partial charge on any atom is -0.396 e. The van der Waals surface area contributed by atoms with Gasteiger partial charge in [-0.2, -0.15) is 5.26 Å². The number of aliphatic hydroxyl groups excluding tert-OH is 1. The fraction of sp³-hybridized carbons (Fsp3) is 0.500. The normalized spacial score (nSPS) is 12.1. The van der Waals surface area contributed by atoms with Crippen LogP contribution in [0.4, 0.5) is 0 Å². The molecule has 0 fully saturated rings. The first-order valence-corrected chi connectivity index (χ1v) is 5.43. The van der Waals surface area contributed by atoms with Crippen LogP contribution in [0.15, 0.2) is 18.3 Å². The predicted molar refractivity (Wildman–Crippen MR) is 61.5 cm³/mol. The number of nitrogens with zero attached hydrogens (tertiary/aromatic N) is 2. The first-order valence-electron chi connectivity index (χ1n) is 5.43. The summed E-state index contributed by atoms with van der Waals surface area (Å²) in [7, 11) is 0. The number of hydrogen-bond acceptors (Lipinski definition) is 4. The van der Waals surface area contributed by atoms with Gasteiger partial charge in [-0.05, 0) is 36.6 Å². The van der Waals surface area contributed by atoms with E-state index in [0.717, 1.165) is 25.1 Å². The zero-order valence-electron chi connectivity index (χ0n) is 9.48. The second-order valence-corrected chi connectivity index (χ2v) is 3.91. The van der Waals surface area contributed by atoms with Crippen molar-refractivity contribution >= 4 is 0 Å². The van der Waals surface area contributed by atoms with Gasteiger partial charge in [0.05, 0.1) is 0 Å². The van der Waals surface area contributed by atoms with E-state index >= 15 is 0 Å². The van der Waals surface area contributed by atoms with Crippen molar-refractivity contribution in [2.45, 2.75) is 19.9 Å². The van der Waals surface area contributed by atoms with E-state index in [1.54, 1.807) is 12.3 Å². The maximum absolute atomic E-state index is 8.75. The molecular formula is C12H17N3O. The highest BCUT2D eigenvalue weighted by atomic mass is 16.3. The van der Waals surface area contributed by atoms with Gasteiger partial charge in [-0.3, -0.25) is 0 Å². The molecule has 0 saturated carbocycles. The Balaban J connectivity index is 2.34. The molecule has 1 aromatic rings. The van der Waals surface area contributed by atoms with E-state index in [0.29, 0.717) is 11.6 Å². The molecule has 0 aromatic carbocycles. The van der Waals surface area contributed by atoms with Crippen molar-refractivity contribution in [2.75, 3.05) is 13.2 Å². The average Bonchev–Trinajstić information content (AvgIpc) is 2.30. The number of nitrogens with one attached hydrogen (secondary N) is 1. The Bertz CT molecular complexity index is 360. The van der Waals surface area contributed by atoms with Crippen molar-refractivity contribution in [1.29, 1.82) is 5.26 Å². The summed E-state index contributed by atoms with van der Waals surface area (Å²) in [6, 6.07) is 5.69. The maximum Gasteiger partial charge on any atom is 0.140 e. The summed E-state index contributed by atoms with van der Waals surface area (Å²) in [6.07, 6.45) is 2.46. The number of nitriles is 1. The van der Waals surface area contributed by atoms with Crippen LogP contribution in [-0.2, 0) is 6.54 Å². The van der Waals surface area contributed by atoms with Gasteiger partial charge in [-0.25, -0.2) is 4.98 Å². The largest absolute Gasteiger partial charge is 0.396 e. The van der Waals surface area contributed by atoms with Gasteiger partial charge in [0.1, 0.15) is 11.8 Å². The van der Waals surface area contributed by atoms with Gasteiger partial charge in [0.2, 0.25) is 0 Å². The Morgan fingerprint density at radius 3 is 3.12 bits per heavy atom. The highest BCUT2D eigenvalue weighted by molar-refractivity contribution is 5.25. The molecule has 1 unspecified atom stereocenters. The van der Waals surface area contributed by atoms with E-state index in [-0.39, 0.29) is 6.61 Å². The van der Waals surface area contributed by atoms with Crippen molar-refractivity contribution in [3.05, 3.63) is 29.6 Å². The third kappa shape index (κ3) is 4.39. The van der Waals surface area contributed by atoms with Crippen LogP contribution in [0.25, 0.3) is 0 Å². The third-order valence-electron chi connectivity index (χ3n) is 2.38. The summed E-state index contributed by atoms with van der Waals surface area (Å²) in [6.45, 7) is 3.92. The molecule has 1 atom stereocenters. The van der Waals surface area contributed by atoms with E-state index in [9.17, 15) is 0 Å². The van der Waals surface area contributed by atoms with Gasteiger partial charge in [0.25, 0.3) is 0 Å². The summed E-state index contributed by atoms with van der Waals surface area (Å²) in [4.78, 5) is 3.91. The lowest BCUT2D eigenvalue weighted by molar-refractivity contribution is 0.260. The standard InChI is InChI=1S/C12H17N3O/c1-10(3-5-16)8-14-9-11-2-4-15-12(6-11)7-13/h2,4,6,10,14,16H,3,5,8-9H2,1H3. The minimum atomic E-state index is 0.233. The van der Waals surface area contributed by atoms with E-state index in [1.165, 1.54) is 0 Å². The van der Waals surface area contributed by atoms with Crippen LogP contribution in [0.5, 0.6) is 0 Å². The fourth-order valence-corrected chi connectivity index (χ4v) is 1.43. The van der Waals surface area contributed by atoms with E-state index in [1.807, 2.05) is 12.1 Å². The maximum atomic E-state index is 8.75. The molecule has 1 rings (SSSR count). The Hall–Kier alpha value is -1.44. The van der Waals surface area contributed by atoms with Crippen molar-refractivity contribution in [3.8, 4) is 6.07 Å². The Morgan fingerprint density at radius 2 is 2.44 bits per heavy atom. The van der Waals surface area contributed by atoms with E-state index in [2.05, 4.69) is 17.2 Å². The van der Waals surface area contributed by atoms with Crippen molar-refractivity contribution in [2.24, 2.45) is 5.92 Å². The molecule has 2 N–H and O–H groups in total. The zero-order valence-corrected chi connectivity index (χ0v) is 9.48. The van der Waals surface area contributed by atoms with Gasteiger partial charge in [-0.15, -0.1) is 0 Å². The molecule has 4 nitrogen and oxygen atoms in total. The smallest absolute Gasteiger partial charge is 0.140 e. The summed E-state index contributed by atoms with van der Waals surface area (Å²) < 4.78 is 0. The first kappa shape index (κ1) is 12.6. The van der Waals surface area contributed by atoms with Crippen LogP contribution >= 0.6 is 0 Å². The Kier molecular flexibility index (Phi) is 5.48. The molecule has 0 aliphatic heterocycles. The lowest BCUT2D eigenvalue weighted by atomic mass is 10.1. The van der Waals surface area contributed by atoms with Crippen LogP contribution in [0.3, 0.4) is 0 Å². The second-order valence-electron chi connectivity index (χ2n) is 3.91. The van der Waals surface area contributed by atoms with E-state index < -0.39 is 0 Å². The lowest BCUT2D eigenvalue weighted by Gasteiger charge is -2.10. The molecule has 0 spiro atoms. The lowest BCUT2D eigenvalue weighted by Crippen LogP contribution is -2.21. The van der Waals surface area contributed by atoms with E-state index in [4.69, 9.17) is 10.4 Å². The summed E-state index contributed by atoms with van der Waals surface area (Å²) in [5.74, 6) is 0.460. The number of aliphatic hydroxyl groups is 1. The fourth-order valence-electron chi connectivity index (χ4n) is 1.43. The molecule has 1 aromatic heterocycles. The Labute approximate surface area is 95.9 Å². The van der Waals surface area contributed by atoms with Crippen LogP contribution in [0.1, 0.15) is 24.6 Å². The number of rotatable bonds is 6. The topological polar surface area (TPSA) is 68.9 Å². The van der Waals surface area contributed by atoms with Crippen molar-refractivity contribution in [3.63, 3.8) is 0 Å². The molecule has 86 valence electrons. The van der Waals surface area contributed by atoms with Crippen LogP contribution in [0, 0.1) is 17.2 Å². The van der Waals surface area contributed by atoms with Crippen molar-refractivity contribution < 1.29 is 5.11 Å². The summed E-state index contributed by atoms with van der Waals surface area (Å²) >= 11 is 0. The Morgan fingerprint density at radius 1 is 1.62 bits per heavy atom. The highest BCUT2D eigenvalue weighted by Gasteiger charge is 2.01. The molecular weight excluding hydrogens is 202 g/mol. The molecule has 4 heteroatoms. The average molecular weight is 219 g/mol. The SMILES string of the molecule is CC(CCO)CNCc1ccnc(C#N)c1. The second kappa shape index (κ2) is 6.94. The highest BCUT2D eigenvalue weighted by Crippen LogP contribution is 2.02. The number of aromatic nitrogens is 1. The van der Waals surface area contributed by atoms with Gasteiger partial charge < -0.3 is 10.4 Å². The monoisotopic (exact) mass is 219 g/mol. The summed E-state index contributed by atoms with van der Waals surface area (Å²) in [5.41, 5.74) is 1.51. The molecule has 1 heterocycles. The van der Waals surface area contributed by atoms with Crippen molar-refractivity contribution in [1.82, 2.24) is 10.3 Å².